The number of nitrogens with two attached hydrogens (primary N) is 1. The van der Waals surface area contributed by atoms with Gasteiger partial charge >= 0.3 is 19.8 Å². The van der Waals surface area contributed by atoms with Gasteiger partial charge in [0.05, 0.1) is 13.2 Å². The summed E-state index contributed by atoms with van der Waals surface area (Å²) in [5, 5.41) is 0. The molecule has 10 heteroatoms. The number of hydrogen-bond donors (Lipinski definition) is 2. The fourth-order valence-corrected chi connectivity index (χ4v) is 9.07. The number of phosphoric ester groups is 1. The van der Waals surface area contributed by atoms with Gasteiger partial charge in [0, 0.05) is 19.4 Å². The van der Waals surface area contributed by atoms with Gasteiger partial charge in [-0.1, -0.05) is 272 Å². The van der Waals surface area contributed by atoms with Crippen LogP contribution in [0.15, 0.2) is 97.2 Å². The van der Waals surface area contributed by atoms with Gasteiger partial charge in [0.25, 0.3) is 0 Å². The second kappa shape index (κ2) is 59.2. The molecular weight excluding hydrogens is 942 g/mol. The fraction of sp³-hybridized carbons (Fsp3) is 0.719. The Morgan fingerprint density at radius 2 is 0.743 bits per heavy atom. The van der Waals surface area contributed by atoms with Crippen molar-refractivity contribution in [3.05, 3.63) is 97.2 Å². The standard InChI is InChI=1S/C64H112NO8P/c1-3-5-7-9-11-13-15-17-18-19-20-21-22-23-24-25-26-27-28-29-30-31-32-33-34-35-36-37-38-39-40-41-42-43-44-45-47-49-51-53-55-57-64(67)73-62(61-72-74(68,69)71-59-58-65)60-70-63(66)56-54-52-50-48-46-16-14-12-10-8-6-4-2/h5,7,11,13,17-18,20-21,23-24,26-27,29-30,32-33,62H,3-4,6,8-10,12,14-16,19,22,25,28,31,34-61,65H2,1-2H3,(H,68,69)/b7-5-,13-11-,18-17-,21-20-,24-23-,27-26-,30-29-,33-32-. The molecule has 0 aromatic rings. The van der Waals surface area contributed by atoms with Crippen molar-refractivity contribution in [2.75, 3.05) is 26.4 Å². The minimum absolute atomic E-state index is 0.0526. The summed E-state index contributed by atoms with van der Waals surface area (Å²) in [7, 11) is -4.38. The molecule has 0 aliphatic rings. The number of hydrogen-bond acceptors (Lipinski definition) is 8. The third-order valence-corrected chi connectivity index (χ3v) is 13.7. The molecule has 426 valence electrons. The van der Waals surface area contributed by atoms with Gasteiger partial charge in [-0.15, -0.1) is 0 Å². The van der Waals surface area contributed by atoms with Gasteiger partial charge in [-0.3, -0.25) is 18.6 Å². The van der Waals surface area contributed by atoms with Crippen LogP contribution in [0.3, 0.4) is 0 Å². The molecule has 0 aromatic heterocycles. The lowest BCUT2D eigenvalue weighted by Gasteiger charge is -2.19. The normalized spacial score (nSPS) is 13.7. The second-order valence-electron chi connectivity index (χ2n) is 19.8. The van der Waals surface area contributed by atoms with Crippen molar-refractivity contribution in [3.63, 3.8) is 0 Å². The molecule has 2 atom stereocenters. The topological polar surface area (TPSA) is 134 Å². The minimum atomic E-state index is -4.38. The molecular formula is C64H112NO8P. The Kier molecular flexibility index (Phi) is 56.7. The van der Waals surface area contributed by atoms with Crippen LogP contribution in [-0.4, -0.2) is 49.3 Å². The molecule has 0 heterocycles. The van der Waals surface area contributed by atoms with Crippen molar-refractivity contribution in [2.45, 2.75) is 270 Å². The number of allylic oxidation sites excluding steroid dienone is 16. The van der Waals surface area contributed by atoms with E-state index in [0.717, 1.165) is 89.9 Å². The molecule has 0 amide bonds. The number of phosphoric acid groups is 1. The van der Waals surface area contributed by atoms with Crippen LogP contribution in [0.4, 0.5) is 0 Å². The van der Waals surface area contributed by atoms with Crippen molar-refractivity contribution in [1.82, 2.24) is 0 Å². The average molecular weight is 1050 g/mol. The number of ether oxygens (including phenoxy) is 2. The monoisotopic (exact) mass is 1050 g/mol. The smallest absolute Gasteiger partial charge is 0.462 e. The Morgan fingerprint density at radius 1 is 0.419 bits per heavy atom. The van der Waals surface area contributed by atoms with E-state index in [1.54, 1.807) is 0 Å². The molecule has 0 spiro atoms. The summed E-state index contributed by atoms with van der Waals surface area (Å²) in [6.07, 6.45) is 79.2. The number of carbonyl (C=O) groups excluding carboxylic acids is 2. The van der Waals surface area contributed by atoms with E-state index < -0.39 is 26.5 Å². The predicted octanol–water partition coefficient (Wildman–Crippen LogP) is 19.2. The quantitative estimate of drug-likeness (QED) is 0.0264. The van der Waals surface area contributed by atoms with E-state index in [2.05, 4.69) is 111 Å². The van der Waals surface area contributed by atoms with Gasteiger partial charge in [-0.05, 0) is 77.0 Å². The van der Waals surface area contributed by atoms with Crippen molar-refractivity contribution in [1.29, 1.82) is 0 Å². The molecule has 2 unspecified atom stereocenters. The number of rotatable bonds is 56. The molecule has 0 fully saturated rings. The lowest BCUT2D eigenvalue weighted by Crippen LogP contribution is -2.29. The van der Waals surface area contributed by atoms with Crippen LogP contribution in [0, 0.1) is 0 Å². The Balaban J connectivity index is 3.83. The van der Waals surface area contributed by atoms with E-state index in [4.69, 9.17) is 24.3 Å². The molecule has 9 nitrogen and oxygen atoms in total. The first kappa shape index (κ1) is 70.9. The van der Waals surface area contributed by atoms with E-state index in [1.807, 2.05) is 0 Å². The van der Waals surface area contributed by atoms with Crippen LogP contribution < -0.4 is 5.73 Å². The maximum absolute atomic E-state index is 12.7. The summed E-state index contributed by atoms with van der Waals surface area (Å²) in [5.41, 5.74) is 5.37. The summed E-state index contributed by atoms with van der Waals surface area (Å²) in [6.45, 7) is 3.63. The van der Waals surface area contributed by atoms with Gasteiger partial charge in [0.15, 0.2) is 6.10 Å². The average Bonchev–Trinajstić information content (AvgIpc) is 3.39. The third kappa shape index (κ3) is 58.2. The predicted molar refractivity (Wildman–Crippen MR) is 316 cm³/mol. The zero-order chi connectivity index (χ0) is 53.8. The molecule has 0 aliphatic carbocycles. The zero-order valence-electron chi connectivity index (χ0n) is 47.6. The molecule has 0 bridgehead atoms. The summed E-state index contributed by atoms with van der Waals surface area (Å²) >= 11 is 0. The number of esters is 2. The van der Waals surface area contributed by atoms with Crippen LogP contribution in [0.5, 0.6) is 0 Å². The Morgan fingerprint density at radius 3 is 1.11 bits per heavy atom. The van der Waals surface area contributed by atoms with Crippen LogP contribution in [0.2, 0.25) is 0 Å². The fourth-order valence-electron chi connectivity index (χ4n) is 8.30. The molecule has 0 saturated heterocycles. The van der Waals surface area contributed by atoms with E-state index in [0.29, 0.717) is 6.42 Å². The zero-order valence-corrected chi connectivity index (χ0v) is 48.4. The van der Waals surface area contributed by atoms with Gasteiger partial charge in [0.2, 0.25) is 0 Å². The second-order valence-corrected chi connectivity index (χ2v) is 21.3. The van der Waals surface area contributed by atoms with Crippen LogP contribution in [0.25, 0.3) is 0 Å². The molecule has 0 saturated carbocycles. The summed E-state index contributed by atoms with van der Waals surface area (Å²) in [6, 6.07) is 0. The third-order valence-electron chi connectivity index (χ3n) is 12.7. The molecule has 74 heavy (non-hydrogen) atoms. The van der Waals surface area contributed by atoms with Crippen molar-refractivity contribution in [3.8, 4) is 0 Å². The van der Waals surface area contributed by atoms with Crippen molar-refractivity contribution in [2.24, 2.45) is 5.73 Å². The van der Waals surface area contributed by atoms with Crippen molar-refractivity contribution >= 4 is 19.8 Å². The van der Waals surface area contributed by atoms with Crippen LogP contribution in [0.1, 0.15) is 264 Å². The molecule has 0 rings (SSSR count). The summed E-state index contributed by atoms with van der Waals surface area (Å²) in [4.78, 5) is 35.1. The summed E-state index contributed by atoms with van der Waals surface area (Å²) in [5.74, 6) is -0.822. The summed E-state index contributed by atoms with van der Waals surface area (Å²) < 4.78 is 33.0. The van der Waals surface area contributed by atoms with E-state index in [1.165, 1.54) is 141 Å². The first-order chi connectivity index (χ1) is 36.3. The SMILES string of the molecule is CC/C=C\C/C=C\C/C=C\C/C=C\C/C=C\C/C=C\C/C=C\C/C=C\CCCCCCCCCCCCCCCCCCC(=O)OC(COC(=O)CCCCCCCCCCCCCC)COP(=O)(O)OCCN. The van der Waals surface area contributed by atoms with E-state index in [9.17, 15) is 19.0 Å². The molecule has 0 aliphatic heterocycles. The minimum Gasteiger partial charge on any atom is -0.462 e. The van der Waals surface area contributed by atoms with Crippen LogP contribution in [-0.2, 0) is 32.7 Å². The Hall–Kier alpha value is -3.07. The van der Waals surface area contributed by atoms with Gasteiger partial charge in [0.1, 0.15) is 6.61 Å². The highest BCUT2D eigenvalue weighted by molar-refractivity contribution is 7.47. The highest BCUT2D eigenvalue weighted by Crippen LogP contribution is 2.43. The molecule has 3 N–H and O–H groups in total. The van der Waals surface area contributed by atoms with Gasteiger partial charge in [-0.2, -0.15) is 0 Å². The largest absolute Gasteiger partial charge is 0.472 e. The maximum atomic E-state index is 12.7. The van der Waals surface area contributed by atoms with E-state index >= 15 is 0 Å². The highest BCUT2D eigenvalue weighted by atomic mass is 31.2. The first-order valence-corrected chi connectivity index (χ1v) is 31.7. The number of unbranched alkanes of at least 4 members (excludes halogenated alkanes) is 27. The maximum Gasteiger partial charge on any atom is 0.472 e. The number of carbonyl (C=O) groups is 2. The Labute approximate surface area is 455 Å². The lowest BCUT2D eigenvalue weighted by atomic mass is 10.0. The highest BCUT2D eigenvalue weighted by Gasteiger charge is 2.26. The van der Waals surface area contributed by atoms with Crippen molar-refractivity contribution < 1.29 is 37.6 Å². The van der Waals surface area contributed by atoms with Crippen LogP contribution >= 0.6 is 7.82 Å². The lowest BCUT2D eigenvalue weighted by molar-refractivity contribution is -0.161. The van der Waals surface area contributed by atoms with Gasteiger partial charge < -0.3 is 20.1 Å². The Bertz CT molecular complexity index is 1530. The molecule has 0 aromatic carbocycles. The first-order valence-electron chi connectivity index (χ1n) is 30.2. The van der Waals surface area contributed by atoms with Gasteiger partial charge in [-0.25, -0.2) is 4.57 Å². The molecule has 0 radical (unpaired) electrons. The van der Waals surface area contributed by atoms with E-state index in [-0.39, 0.29) is 38.6 Å².